The highest BCUT2D eigenvalue weighted by Gasteiger charge is 2.19. The average molecular weight is 240 g/mol. The van der Waals surface area contributed by atoms with Crippen LogP contribution in [0, 0.1) is 0 Å². The number of methoxy groups -OCH3 is 1. The molecule has 3 N–H and O–H groups in total. The Kier molecular flexibility index (Phi) is 5.06. The summed E-state index contributed by atoms with van der Waals surface area (Å²) in [6.07, 6.45) is -0.472. The molecule has 0 aliphatic heterocycles. The molecular formula is C12H17FN2O2. The number of oxime groups is 1. The number of benzene rings is 1. The normalized spacial score (nSPS) is 15.6. The van der Waals surface area contributed by atoms with Crippen LogP contribution in [0.4, 0.5) is 4.39 Å². The monoisotopic (exact) mass is 240 g/mol. The van der Waals surface area contributed by atoms with Crippen LogP contribution in [0.1, 0.15) is 24.2 Å². The molecule has 0 amide bonds. The highest BCUT2D eigenvalue weighted by molar-refractivity contribution is 5.98. The van der Waals surface area contributed by atoms with Gasteiger partial charge in [0, 0.05) is 7.11 Å². The lowest BCUT2D eigenvalue weighted by Gasteiger charge is -2.20. The Hall–Kier alpha value is -1.46. The van der Waals surface area contributed by atoms with Crippen molar-refractivity contribution in [3.8, 4) is 0 Å². The topological polar surface area (TPSA) is 67.8 Å². The summed E-state index contributed by atoms with van der Waals surface area (Å²) in [6, 6.07) is 6.45. The van der Waals surface area contributed by atoms with Crippen molar-refractivity contribution in [1.29, 1.82) is 0 Å². The van der Waals surface area contributed by atoms with Gasteiger partial charge in [-0.2, -0.15) is 0 Å². The molecule has 1 aromatic rings. The van der Waals surface area contributed by atoms with Gasteiger partial charge in [0.25, 0.3) is 0 Å². The Morgan fingerprint density at radius 2 is 2.06 bits per heavy atom. The van der Waals surface area contributed by atoms with E-state index in [1.165, 1.54) is 7.11 Å². The molecule has 0 saturated heterocycles. The summed E-state index contributed by atoms with van der Waals surface area (Å²) in [5.74, 6) is 0. The molecule has 0 heterocycles. The second kappa shape index (κ2) is 6.32. The van der Waals surface area contributed by atoms with E-state index in [2.05, 4.69) is 5.16 Å². The summed E-state index contributed by atoms with van der Waals surface area (Å²) in [7, 11) is 1.49. The van der Waals surface area contributed by atoms with Gasteiger partial charge < -0.3 is 15.7 Å². The van der Waals surface area contributed by atoms with E-state index in [1.807, 2.05) is 0 Å². The van der Waals surface area contributed by atoms with Gasteiger partial charge in [-0.15, -0.1) is 0 Å². The van der Waals surface area contributed by atoms with Gasteiger partial charge in [0.05, 0.1) is 17.9 Å². The van der Waals surface area contributed by atoms with Gasteiger partial charge in [-0.05, 0) is 18.1 Å². The lowest BCUT2D eigenvalue weighted by Crippen LogP contribution is -2.31. The third-order valence-corrected chi connectivity index (χ3v) is 2.63. The van der Waals surface area contributed by atoms with Crippen LogP contribution in [0.25, 0.3) is 0 Å². The first-order valence-electron chi connectivity index (χ1n) is 5.27. The molecule has 4 nitrogen and oxygen atoms in total. The second-order valence-electron chi connectivity index (χ2n) is 3.78. The molecular weight excluding hydrogens is 223 g/mol. The molecule has 0 radical (unpaired) electrons. The lowest BCUT2D eigenvalue weighted by atomic mass is 10.0. The first-order chi connectivity index (χ1) is 8.13. The number of nitrogens with zero attached hydrogens (tertiary/aromatic N) is 1. The van der Waals surface area contributed by atoms with Crippen LogP contribution in [-0.4, -0.2) is 30.7 Å². The van der Waals surface area contributed by atoms with Gasteiger partial charge in [-0.3, -0.25) is 0 Å². The minimum Gasteiger partial charge on any atom is -0.411 e. The number of alkyl halides is 1. The summed E-state index contributed by atoms with van der Waals surface area (Å²) < 4.78 is 17.7. The van der Waals surface area contributed by atoms with Gasteiger partial charge in [-0.25, -0.2) is 4.39 Å². The molecule has 0 unspecified atom stereocenters. The number of hydrogen-bond acceptors (Lipinski definition) is 4. The summed E-state index contributed by atoms with van der Waals surface area (Å²) >= 11 is 0. The minimum absolute atomic E-state index is 0.472. The van der Waals surface area contributed by atoms with Crippen molar-refractivity contribution in [2.45, 2.75) is 19.1 Å². The molecule has 17 heavy (non-hydrogen) atoms. The van der Waals surface area contributed by atoms with Crippen LogP contribution in [0.3, 0.4) is 0 Å². The maximum absolute atomic E-state index is 12.5. The Bertz CT molecular complexity index is 379. The van der Waals surface area contributed by atoms with Crippen LogP contribution >= 0.6 is 0 Å². The van der Waals surface area contributed by atoms with Crippen molar-refractivity contribution in [3.05, 3.63) is 35.4 Å². The largest absolute Gasteiger partial charge is 0.411 e. The fraction of sp³-hybridized carbons (Fsp3) is 0.417. The standard InChI is InChI=1S/C12H17FN2O2/c1-8(15-16)9-3-5-10(6-4-9)12(17-2)11(14)7-13/h3-6,11-12,16H,7,14H2,1-2H3/b15-8-/t11-,12-/m1/s1. The second-order valence-corrected chi connectivity index (χ2v) is 3.78. The predicted molar refractivity (Wildman–Crippen MR) is 64.1 cm³/mol. The molecule has 5 heteroatoms. The Balaban J connectivity index is 2.92. The maximum atomic E-state index is 12.5. The molecule has 0 aliphatic rings. The number of hydrogen-bond donors (Lipinski definition) is 2. The average Bonchev–Trinajstić information content (AvgIpc) is 2.39. The van der Waals surface area contributed by atoms with Crippen LogP contribution in [0.2, 0.25) is 0 Å². The maximum Gasteiger partial charge on any atom is 0.107 e. The minimum atomic E-state index is -0.682. The third kappa shape index (κ3) is 3.25. The zero-order chi connectivity index (χ0) is 12.8. The van der Waals surface area contributed by atoms with Crippen molar-refractivity contribution in [1.82, 2.24) is 0 Å². The van der Waals surface area contributed by atoms with Crippen molar-refractivity contribution in [2.24, 2.45) is 10.9 Å². The van der Waals surface area contributed by atoms with Gasteiger partial charge in [0.15, 0.2) is 0 Å². The lowest BCUT2D eigenvalue weighted by molar-refractivity contribution is 0.0721. The highest BCUT2D eigenvalue weighted by atomic mass is 19.1. The van der Waals surface area contributed by atoms with E-state index in [0.717, 1.165) is 11.1 Å². The first kappa shape index (κ1) is 13.6. The van der Waals surface area contributed by atoms with Crippen LogP contribution in [0.5, 0.6) is 0 Å². The number of ether oxygens (including phenoxy) is 1. The summed E-state index contributed by atoms with van der Waals surface area (Å²) in [5, 5.41) is 11.7. The van der Waals surface area contributed by atoms with Crippen molar-refractivity contribution >= 4 is 5.71 Å². The Morgan fingerprint density at radius 1 is 1.47 bits per heavy atom. The van der Waals surface area contributed by atoms with E-state index >= 15 is 0 Å². The highest BCUT2D eigenvalue weighted by Crippen LogP contribution is 2.20. The smallest absolute Gasteiger partial charge is 0.107 e. The van der Waals surface area contributed by atoms with Gasteiger partial charge >= 0.3 is 0 Å². The van der Waals surface area contributed by atoms with E-state index in [1.54, 1.807) is 31.2 Å². The summed E-state index contributed by atoms with van der Waals surface area (Å²) in [4.78, 5) is 0. The molecule has 0 saturated carbocycles. The predicted octanol–water partition coefficient (Wildman–Crippen LogP) is 1.87. The van der Waals surface area contributed by atoms with E-state index in [9.17, 15) is 4.39 Å². The van der Waals surface area contributed by atoms with Crippen molar-refractivity contribution in [2.75, 3.05) is 13.8 Å². The molecule has 0 aromatic heterocycles. The molecule has 94 valence electrons. The number of nitrogens with two attached hydrogens (primary N) is 1. The Labute approximate surface area is 99.9 Å². The zero-order valence-electron chi connectivity index (χ0n) is 9.93. The first-order valence-corrected chi connectivity index (χ1v) is 5.27. The fourth-order valence-corrected chi connectivity index (χ4v) is 1.61. The number of rotatable bonds is 5. The van der Waals surface area contributed by atoms with Crippen LogP contribution < -0.4 is 5.73 Å². The molecule has 0 spiro atoms. The molecule has 0 aliphatic carbocycles. The SMILES string of the molecule is CO[C@H](c1ccc(/C(C)=N\O)cc1)[C@H](N)CF. The molecule has 1 aromatic carbocycles. The van der Waals surface area contributed by atoms with Gasteiger partial charge in [-0.1, -0.05) is 29.4 Å². The third-order valence-electron chi connectivity index (χ3n) is 2.63. The summed E-state index contributed by atoms with van der Waals surface area (Å²) in [5.41, 5.74) is 7.72. The molecule has 0 bridgehead atoms. The van der Waals surface area contributed by atoms with E-state index in [0.29, 0.717) is 5.71 Å². The zero-order valence-corrected chi connectivity index (χ0v) is 9.93. The van der Waals surface area contributed by atoms with Crippen LogP contribution in [-0.2, 0) is 4.74 Å². The van der Waals surface area contributed by atoms with Gasteiger partial charge in [0.1, 0.15) is 6.67 Å². The fourth-order valence-electron chi connectivity index (χ4n) is 1.61. The van der Waals surface area contributed by atoms with E-state index in [-0.39, 0.29) is 0 Å². The van der Waals surface area contributed by atoms with Crippen LogP contribution in [0.15, 0.2) is 29.4 Å². The molecule has 2 atom stereocenters. The summed E-state index contributed by atoms with van der Waals surface area (Å²) in [6.45, 7) is 1.05. The van der Waals surface area contributed by atoms with Gasteiger partial charge in [0.2, 0.25) is 0 Å². The number of halogens is 1. The van der Waals surface area contributed by atoms with Crippen molar-refractivity contribution in [3.63, 3.8) is 0 Å². The quantitative estimate of drug-likeness (QED) is 0.469. The Morgan fingerprint density at radius 3 is 2.47 bits per heavy atom. The van der Waals surface area contributed by atoms with E-state index < -0.39 is 18.8 Å². The molecule has 1 rings (SSSR count). The molecule has 0 fully saturated rings. The van der Waals surface area contributed by atoms with Crippen molar-refractivity contribution < 1.29 is 14.3 Å². The van der Waals surface area contributed by atoms with E-state index in [4.69, 9.17) is 15.7 Å².